The van der Waals surface area contributed by atoms with Crippen molar-refractivity contribution in [2.45, 2.75) is 19.8 Å². The number of nitrogens with one attached hydrogen (secondary N) is 1. The van der Waals surface area contributed by atoms with E-state index in [1.54, 1.807) is 13.2 Å². The highest BCUT2D eigenvalue weighted by Crippen LogP contribution is 2.07. The first-order valence-corrected chi connectivity index (χ1v) is 4.45. The lowest BCUT2D eigenvalue weighted by atomic mass is 10.1. The molecule has 0 spiro atoms. The van der Waals surface area contributed by atoms with Gasteiger partial charge in [-0.1, -0.05) is 19.4 Å². The van der Waals surface area contributed by atoms with Crippen molar-refractivity contribution < 1.29 is 4.79 Å². The molecule has 0 atom stereocenters. The lowest BCUT2D eigenvalue weighted by Gasteiger charge is -2.04. The normalized spacial score (nSPS) is 9.69. The zero-order valence-electron chi connectivity index (χ0n) is 8.00. The Morgan fingerprint density at radius 3 is 3.00 bits per heavy atom. The maximum Gasteiger partial charge on any atom is 0.269 e. The highest BCUT2D eigenvalue weighted by Gasteiger charge is 2.09. The topological polar surface area (TPSA) is 42.0 Å². The molecule has 70 valence electrons. The molecule has 1 heterocycles. The largest absolute Gasteiger partial charge is 0.354 e. The van der Waals surface area contributed by atoms with Gasteiger partial charge >= 0.3 is 0 Å². The van der Waals surface area contributed by atoms with Gasteiger partial charge in [0.25, 0.3) is 5.91 Å². The SMILES string of the molecule is CCCc1cccnc1C(=O)NC. The number of carbonyl (C=O) groups excluding carboxylic acids is 1. The minimum Gasteiger partial charge on any atom is -0.354 e. The van der Waals surface area contributed by atoms with Crippen LogP contribution in [0.2, 0.25) is 0 Å². The van der Waals surface area contributed by atoms with Crippen LogP contribution in [0.25, 0.3) is 0 Å². The third-order valence-electron chi connectivity index (χ3n) is 1.85. The van der Waals surface area contributed by atoms with Crippen molar-refractivity contribution in [3.63, 3.8) is 0 Å². The maximum absolute atomic E-state index is 11.3. The number of hydrogen-bond acceptors (Lipinski definition) is 2. The molecule has 0 saturated carbocycles. The van der Waals surface area contributed by atoms with Gasteiger partial charge in [0.05, 0.1) is 0 Å². The number of aromatic nitrogens is 1. The molecular weight excluding hydrogens is 164 g/mol. The summed E-state index contributed by atoms with van der Waals surface area (Å²) in [5.41, 5.74) is 1.57. The van der Waals surface area contributed by atoms with E-state index in [2.05, 4.69) is 17.2 Å². The molecule has 1 aromatic heterocycles. The molecule has 0 aromatic carbocycles. The first kappa shape index (κ1) is 9.71. The summed E-state index contributed by atoms with van der Waals surface area (Å²) in [6.45, 7) is 2.08. The van der Waals surface area contributed by atoms with Gasteiger partial charge in [0.15, 0.2) is 0 Å². The van der Waals surface area contributed by atoms with Crippen molar-refractivity contribution in [1.82, 2.24) is 10.3 Å². The van der Waals surface area contributed by atoms with Crippen LogP contribution in [0.15, 0.2) is 18.3 Å². The number of aryl methyl sites for hydroxylation is 1. The number of pyridine rings is 1. The summed E-state index contributed by atoms with van der Waals surface area (Å²) in [6.07, 6.45) is 3.57. The Labute approximate surface area is 78.2 Å². The van der Waals surface area contributed by atoms with Gasteiger partial charge < -0.3 is 5.32 Å². The highest BCUT2D eigenvalue weighted by atomic mass is 16.1. The zero-order chi connectivity index (χ0) is 9.68. The molecule has 0 fully saturated rings. The van der Waals surface area contributed by atoms with Gasteiger partial charge in [0.1, 0.15) is 5.69 Å². The molecule has 0 radical (unpaired) electrons. The first-order valence-electron chi connectivity index (χ1n) is 4.45. The van der Waals surface area contributed by atoms with E-state index in [1.165, 1.54) is 0 Å². The van der Waals surface area contributed by atoms with Crippen LogP contribution in [0, 0.1) is 0 Å². The predicted molar refractivity (Wildman–Crippen MR) is 51.6 cm³/mol. The zero-order valence-corrected chi connectivity index (χ0v) is 8.00. The Bertz CT molecular complexity index is 297. The van der Waals surface area contributed by atoms with E-state index in [1.807, 2.05) is 12.1 Å². The Balaban J connectivity index is 2.97. The van der Waals surface area contributed by atoms with Crippen molar-refractivity contribution in [3.05, 3.63) is 29.6 Å². The minimum atomic E-state index is -0.107. The molecule has 0 aliphatic carbocycles. The molecule has 0 unspecified atom stereocenters. The highest BCUT2D eigenvalue weighted by molar-refractivity contribution is 5.93. The molecule has 0 saturated heterocycles. The van der Waals surface area contributed by atoms with Crippen LogP contribution in [0.4, 0.5) is 0 Å². The van der Waals surface area contributed by atoms with Crippen molar-refractivity contribution in [3.8, 4) is 0 Å². The van der Waals surface area contributed by atoms with Crippen molar-refractivity contribution in [2.75, 3.05) is 7.05 Å². The van der Waals surface area contributed by atoms with E-state index in [-0.39, 0.29) is 5.91 Å². The fraction of sp³-hybridized carbons (Fsp3) is 0.400. The summed E-state index contributed by atoms with van der Waals surface area (Å²) in [4.78, 5) is 15.4. The van der Waals surface area contributed by atoms with E-state index in [9.17, 15) is 4.79 Å². The minimum absolute atomic E-state index is 0.107. The number of rotatable bonds is 3. The van der Waals surface area contributed by atoms with E-state index in [4.69, 9.17) is 0 Å². The number of amides is 1. The van der Waals surface area contributed by atoms with Crippen molar-refractivity contribution >= 4 is 5.91 Å². The monoisotopic (exact) mass is 178 g/mol. The third-order valence-corrected chi connectivity index (χ3v) is 1.85. The Hall–Kier alpha value is -1.38. The van der Waals surface area contributed by atoms with Gasteiger partial charge in [0.2, 0.25) is 0 Å². The molecule has 1 rings (SSSR count). The number of carbonyl (C=O) groups is 1. The molecule has 3 nitrogen and oxygen atoms in total. The lowest BCUT2D eigenvalue weighted by Crippen LogP contribution is -2.20. The van der Waals surface area contributed by atoms with Gasteiger partial charge in [-0.25, -0.2) is 0 Å². The number of nitrogens with zero attached hydrogens (tertiary/aromatic N) is 1. The van der Waals surface area contributed by atoms with E-state index >= 15 is 0 Å². The van der Waals surface area contributed by atoms with Gasteiger partial charge in [-0.05, 0) is 18.1 Å². The van der Waals surface area contributed by atoms with Crippen LogP contribution in [0.5, 0.6) is 0 Å². The van der Waals surface area contributed by atoms with Crippen molar-refractivity contribution in [2.24, 2.45) is 0 Å². The summed E-state index contributed by atoms with van der Waals surface area (Å²) in [5.74, 6) is -0.107. The van der Waals surface area contributed by atoms with Gasteiger partial charge in [-0.3, -0.25) is 9.78 Å². The summed E-state index contributed by atoms with van der Waals surface area (Å²) in [6, 6.07) is 3.80. The van der Waals surface area contributed by atoms with Gasteiger partial charge in [0, 0.05) is 13.2 Å². The molecule has 3 heteroatoms. The van der Waals surface area contributed by atoms with E-state index in [0.29, 0.717) is 5.69 Å². The summed E-state index contributed by atoms with van der Waals surface area (Å²) >= 11 is 0. The number of hydrogen-bond donors (Lipinski definition) is 1. The quantitative estimate of drug-likeness (QED) is 0.760. The summed E-state index contributed by atoms with van der Waals surface area (Å²) in [5, 5.41) is 2.58. The van der Waals surface area contributed by atoms with Crippen LogP contribution < -0.4 is 5.32 Å². The Kier molecular flexibility index (Phi) is 3.43. The van der Waals surface area contributed by atoms with Crippen LogP contribution in [-0.4, -0.2) is 17.9 Å². The second-order valence-corrected chi connectivity index (χ2v) is 2.84. The molecule has 1 aromatic rings. The Morgan fingerprint density at radius 1 is 1.62 bits per heavy atom. The van der Waals surface area contributed by atoms with Crippen LogP contribution in [0.1, 0.15) is 29.4 Å². The predicted octanol–water partition coefficient (Wildman–Crippen LogP) is 1.39. The standard InChI is InChI=1S/C10H14N2O/c1-3-5-8-6-4-7-12-9(8)10(13)11-2/h4,6-7H,3,5H2,1-2H3,(H,11,13). The molecule has 13 heavy (non-hydrogen) atoms. The van der Waals surface area contributed by atoms with Crippen molar-refractivity contribution in [1.29, 1.82) is 0 Å². The fourth-order valence-corrected chi connectivity index (χ4v) is 1.23. The first-order chi connectivity index (χ1) is 6.29. The molecular formula is C10H14N2O. The van der Waals surface area contributed by atoms with Gasteiger partial charge in [-0.2, -0.15) is 0 Å². The smallest absolute Gasteiger partial charge is 0.269 e. The van der Waals surface area contributed by atoms with Crippen LogP contribution >= 0.6 is 0 Å². The molecule has 0 aliphatic rings. The summed E-state index contributed by atoms with van der Waals surface area (Å²) in [7, 11) is 1.62. The van der Waals surface area contributed by atoms with Gasteiger partial charge in [-0.15, -0.1) is 0 Å². The maximum atomic E-state index is 11.3. The fourth-order valence-electron chi connectivity index (χ4n) is 1.23. The average Bonchev–Trinajstić information content (AvgIpc) is 2.18. The molecule has 0 aliphatic heterocycles. The van der Waals surface area contributed by atoms with E-state index < -0.39 is 0 Å². The van der Waals surface area contributed by atoms with Crippen LogP contribution in [0.3, 0.4) is 0 Å². The Morgan fingerprint density at radius 2 is 2.38 bits per heavy atom. The second-order valence-electron chi connectivity index (χ2n) is 2.84. The molecule has 0 bridgehead atoms. The molecule has 1 N–H and O–H groups in total. The summed E-state index contributed by atoms with van der Waals surface area (Å²) < 4.78 is 0. The average molecular weight is 178 g/mol. The second kappa shape index (κ2) is 4.60. The molecule has 1 amide bonds. The third kappa shape index (κ3) is 2.28. The van der Waals surface area contributed by atoms with E-state index in [0.717, 1.165) is 18.4 Å². The van der Waals surface area contributed by atoms with Crippen LogP contribution in [-0.2, 0) is 6.42 Å². The lowest BCUT2D eigenvalue weighted by molar-refractivity contribution is 0.0957.